The van der Waals surface area contributed by atoms with Crippen molar-refractivity contribution >= 4 is 32.6 Å². The average molecular weight is 408 g/mol. The zero-order valence-electron chi connectivity index (χ0n) is 16.1. The van der Waals surface area contributed by atoms with Crippen molar-refractivity contribution in [2.45, 2.75) is 26.3 Å². The van der Waals surface area contributed by atoms with Crippen molar-refractivity contribution in [2.75, 3.05) is 24.7 Å². The number of fused-ring (bicyclic) bond motifs is 1. The Balaban J connectivity index is 1.72. The van der Waals surface area contributed by atoms with E-state index in [-0.39, 0.29) is 36.7 Å². The van der Waals surface area contributed by atoms with E-state index in [1.165, 1.54) is 0 Å². The Morgan fingerprint density at radius 1 is 1.32 bits per heavy atom. The van der Waals surface area contributed by atoms with Crippen LogP contribution < -0.4 is 10.1 Å². The van der Waals surface area contributed by atoms with E-state index in [2.05, 4.69) is 5.32 Å². The maximum absolute atomic E-state index is 12.3. The van der Waals surface area contributed by atoms with Crippen molar-refractivity contribution < 1.29 is 27.5 Å². The third-order valence-corrected chi connectivity index (χ3v) is 6.68. The molecule has 3 rings (SSSR count). The van der Waals surface area contributed by atoms with Crippen LogP contribution in [0.25, 0.3) is 10.9 Å². The predicted molar refractivity (Wildman–Crippen MR) is 104 cm³/mol. The number of nitrogens with zero attached hydrogens (tertiary/aromatic N) is 1. The Morgan fingerprint density at radius 2 is 2.07 bits per heavy atom. The van der Waals surface area contributed by atoms with E-state index in [0.717, 1.165) is 11.2 Å². The number of amides is 1. The fraction of sp³-hybridized carbons (Fsp3) is 0.474. The lowest BCUT2D eigenvalue weighted by atomic mass is 10.1. The van der Waals surface area contributed by atoms with Gasteiger partial charge in [0.2, 0.25) is 0 Å². The van der Waals surface area contributed by atoms with Gasteiger partial charge in [-0.15, -0.1) is 0 Å². The summed E-state index contributed by atoms with van der Waals surface area (Å²) < 4.78 is 35.5. The highest BCUT2D eigenvalue weighted by atomic mass is 32.2. The van der Waals surface area contributed by atoms with Gasteiger partial charge in [0.05, 0.1) is 23.7 Å². The molecule has 8 nitrogen and oxygen atoms in total. The molecule has 0 radical (unpaired) electrons. The van der Waals surface area contributed by atoms with Gasteiger partial charge in [-0.25, -0.2) is 13.2 Å². The van der Waals surface area contributed by atoms with Crippen LogP contribution in [0.3, 0.4) is 0 Å². The number of aryl methyl sites for hydroxylation is 1. The number of sulfone groups is 1. The lowest BCUT2D eigenvalue weighted by molar-refractivity contribution is -0.123. The summed E-state index contributed by atoms with van der Waals surface area (Å²) in [6, 6.07) is 4.89. The molecule has 1 saturated heterocycles. The van der Waals surface area contributed by atoms with Crippen LogP contribution in [-0.4, -0.2) is 55.6 Å². The van der Waals surface area contributed by atoms with Gasteiger partial charge in [0, 0.05) is 29.7 Å². The van der Waals surface area contributed by atoms with Crippen LogP contribution in [-0.2, 0) is 26.4 Å². The predicted octanol–water partition coefficient (Wildman–Crippen LogP) is 1.35. The number of carbonyl (C=O) groups is 2. The van der Waals surface area contributed by atoms with Crippen LogP contribution in [0.2, 0.25) is 0 Å². The van der Waals surface area contributed by atoms with Crippen LogP contribution in [0.4, 0.5) is 0 Å². The minimum absolute atomic E-state index is 0.0309. The lowest BCUT2D eigenvalue weighted by Gasteiger charge is -2.12. The summed E-state index contributed by atoms with van der Waals surface area (Å²) >= 11 is 0. The summed E-state index contributed by atoms with van der Waals surface area (Å²) in [5.41, 5.74) is 2.12. The van der Waals surface area contributed by atoms with Gasteiger partial charge in [0.1, 0.15) is 5.75 Å². The highest BCUT2D eigenvalue weighted by Crippen LogP contribution is 2.29. The van der Waals surface area contributed by atoms with Crippen LogP contribution in [0, 0.1) is 6.92 Å². The van der Waals surface area contributed by atoms with Gasteiger partial charge in [-0.05, 0) is 38.5 Å². The molecule has 1 atom stereocenters. The molecule has 1 aliphatic rings. The average Bonchev–Trinajstić information content (AvgIpc) is 3.09. The van der Waals surface area contributed by atoms with Gasteiger partial charge in [0.15, 0.2) is 16.4 Å². The quantitative estimate of drug-likeness (QED) is 0.724. The second-order valence-corrected chi connectivity index (χ2v) is 9.10. The number of benzene rings is 1. The first-order chi connectivity index (χ1) is 13.2. The van der Waals surface area contributed by atoms with Crippen molar-refractivity contribution in [3.63, 3.8) is 0 Å². The standard InChI is InChI=1S/C19H24N2O6S/c1-4-26-19(23)18-12(2)21(3)16-6-5-14(9-15(16)18)27-10-17(22)20-13-7-8-28(24,25)11-13/h5-6,9,13H,4,7-8,10-11H2,1-3H3,(H,20,22). The third-order valence-electron chi connectivity index (χ3n) is 4.91. The second-order valence-electron chi connectivity index (χ2n) is 6.88. The van der Waals surface area contributed by atoms with Gasteiger partial charge < -0.3 is 19.4 Å². The van der Waals surface area contributed by atoms with Gasteiger partial charge in [0.25, 0.3) is 5.91 Å². The molecule has 2 heterocycles. The summed E-state index contributed by atoms with van der Waals surface area (Å²) in [4.78, 5) is 24.4. The molecule has 1 aromatic heterocycles. The number of ether oxygens (including phenoxy) is 2. The number of rotatable bonds is 6. The van der Waals surface area contributed by atoms with Crippen LogP contribution in [0.5, 0.6) is 5.75 Å². The molecule has 9 heteroatoms. The van der Waals surface area contributed by atoms with E-state index in [0.29, 0.717) is 23.1 Å². The summed E-state index contributed by atoms with van der Waals surface area (Å²) in [6.45, 7) is 3.64. The Hall–Kier alpha value is -2.55. The Morgan fingerprint density at radius 3 is 2.71 bits per heavy atom. The molecule has 1 amide bonds. The normalized spacial score (nSPS) is 18.2. The third kappa shape index (κ3) is 4.14. The first-order valence-electron chi connectivity index (χ1n) is 9.10. The maximum atomic E-state index is 12.3. The molecule has 0 spiro atoms. The zero-order chi connectivity index (χ0) is 20.5. The van der Waals surface area contributed by atoms with Gasteiger partial charge in [-0.1, -0.05) is 0 Å². The first kappa shape index (κ1) is 20.2. The lowest BCUT2D eigenvalue weighted by Crippen LogP contribution is -2.38. The Labute approximate surface area is 163 Å². The minimum atomic E-state index is -3.05. The largest absolute Gasteiger partial charge is 0.484 e. The Bertz CT molecular complexity index is 1020. The van der Waals surface area contributed by atoms with E-state index in [1.54, 1.807) is 19.1 Å². The summed E-state index contributed by atoms with van der Waals surface area (Å²) in [6.07, 6.45) is 0.423. The SMILES string of the molecule is CCOC(=O)c1c(C)n(C)c2ccc(OCC(=O)NC3CCS(=O)(=O)C3)cc12. The van der Waals surface area contributed by atoms with Gasteiger partial charge in [-0.2, -0.15) is 0 Å². The molecule has 0 aliphatic carbocycles. The molecule has 1 aromatic carbocycles. The van der Waals surface area contributed by atoms with Gasteiger partial charge >= 0.3 is 5.97 Å². The van der Waals surface area contributed by atoms with Crippen molar-refractivity contribution in [1.82, 2.24) is 9.88 Å². The Kier molecular flexibility index (Phi) is 5.64. The van der Waals surface area contributed by atoms with Crippen LogP contribution >= 0.6 is 0 Å². The van der Waals surface area contributed by atoms with E-state index in [1.807, 2.05) is 24.6 Å². The topological polar surface area (TPSA) is 104 Å². The minimum Gasteiger partial charge on any atom is -0.484 e. The molecule has 1 N–H and O–H groups in total. The molecule has 152 valence electrons. The molecule has 28 heavy (non-hydrogen) atoms. The number of aromatic nitrogens is 1. The van der Waals surface area contributed by atoms with Crippen molar-refractivity contribution in [2.24, 2.45) is 7.05 Å². The van der Waals surface area contributed by atoms with Crippen molar-refractivity contribution in [3.05, 3.63) is 29.5 Å². The van der Waals surface area contributed by atoms with E-state index in [4.69, 9.17) is 9.47 Å². The molecule has 0 saturated carbocycles. The van der Waals surface area contributed by atoms with E-state index < -0.39 is 15.8 Å². The number of hydrogen-bond acceptors (Lipinski definition) is 6. The number of carbonyl (C=O) groups excluding carboxylic acids is 2. The molecule has 1 unspecified atom stereocenters. The molecule has 2 aromatic rings. The number of nitrogens with one attached hydrogen (secondary N) is 1. The monoisotopic (exact) mass is 408 g/mol. The zero-order valence-corrected chi connectivity index (χ0v) is 17.0. The molecule has 1 fully saturated rings. The van der Waals surface area contributed by atoms with E-state index in [9.17, 15) is 18.0 Å². The summed E-state index contributed by atoms with van der Waals surface area (Å²) in [5, 5.41) is 3.37. The molecule has 0 bridgehead atoms. The van der Waals surface area contributed by atoms with E-state index >= 15 is 0 Å². The molecule has 1 aliphatic heterocycles. The maximum Gasteiger partial charge on any atom is 0.340 e. The van der Waals surface area contributed by atoms with Crippen molar-refractivity contribution in [3.8, 4) is 5.75 Å². The highest BCUT2D eigenvalue weighted by molar-refractivity contribution is 7.91. The first-order valence-corrected chi connectivity index (χ1v) is 10.9. The smallest absolute Gasteiger partial charge is 0.340 e. The number of esters is 1. The van der Waals surface area contributed by atoms with Gasteiger partial charge in [-0.3, -0.25) is 4.79 Å². The fourth-order valence-electron chi connectivity index (χ4n) is 3.43. The summed E-state index contributed by atoms with van der Waals surface area (Å²) in [5.74, 6) is -0.270. The fourth-order valence-corrected chi connectivity index (χ4v) is 5.10. The number of hydrogen-bond donors (Lipinski definition) is 1. The van der Waals surface area contributed by atoms with Crippen molar-refractivity contribution in [1.29, 1.82) is 0 Å². The van der Waals surface area contributed by atoms with Crippen LogP contribution in [0.1, 0.15) is 29.4 Å². The summed E-state index contributed by atoms with van der Waals surface area (Å²) in [7, 11) is -1.19. The molecular formula is C19H24N2O6S. The molecular weight excluding hydrogens is 384 g/mol. The highest BCUT2D eigenvalue weighted by Gasteiger charge is 2.29. The second kappa shape index (κ2) is 7.83. The van der Waals surface area contributed by atoms with Crippen LogP contribution in [0.15, 0.2) is 18.2 Å².